The lowest BCUT2D eigenvalue weighted by molar-refractivity contribution is -0.142. The highest BCUT2D eigenvalue weighted by molar-refractivity contribution is 6.21. The topological polar surface area (TPSA) is 20.3 Å². The van der Waals surface area contributed by atoms with Crippen molar-refractivity contribution in [1.29, 1.82) is 0 Å². The maximum Gasteiger partial charge on any atom is 0.223 e. The SMILES string of the molecule is C=C1C(CC(=O)N2CC(C)(C)C2)CCC(Cl)C1F. The van der Waals surface area contributed by atoms with Gasteiger partial charge in [0.25, 0.3) is 0 Å². The van der Waals surface area contributed by atoms with Gasteiger partial charge in [0, 0.05) is 19.5 Å². The van der Waals surface area contributed by atoms with E-state index in [-0.39, 0.29) is 17.2 Å². The number of rotatable bonds is 2. The molecule has 18 heavy (non-hydrogen) atoms. The number of amides is 1. The Bertz CT molecular complexity index is 361. The summed E-state index contributed by atoms with van der Waals surface area (Å²) >= 11 is 5.87. The number of likely N-dealkylation sites (tertiary alicyclic amines) is 1. The van der Waals surface area contributed by atoms with Crippen LogP contribution in [0.15, 0.2) is 12.2 Å². The number of carbonyl (C=O) groups is 1. The highest BCUT2D eigenvalue weighted by Crippen LogP contribution is 2.37. The van der Waals surface area contributed by atoms with Gasteiger partial charge in [-0.15, -0.1) is 11.6 Å². The minimum Gasteiger partial charge on any atom is -0.341 e. The lowest BCUT2D eigenvalue weighted by Crippen LogP contribution is -2.55. The normalized spacial score (nSPS) is 35.2. The molecule has 3 atom stereocenters. The average molecular weight is 274 g/mol. The van der Waals surface area contributed by atoms with Crippen molar-refractivity contribution in [3.63, 3.8) is 0 Å². The van der Waals surface area contributed by atoms with Crippen LogP contribution in [0.1, 0.15) is 33.1 Å². The van der Waals surface area contributed by atoms with Crippen molar-refractivity contribution in [2.45, 2.75) is 44.7 Å². The van der Waals surface area contributed by atoms with Crippen LogP contribution in [-0.4, -0.2) is 35.4 Å². The Morgan fingerprint density at radius 3 is 2.67 bits per heavy atom. The molecule has 0 spiro atoms. The summed E-state index contributed by atoms with van der Waals surface area (Å²) in [5.74, 6) is 0.0897. The third-order valence-corrected chi connectivity index (χ3v) is 4.44. The van der Waals surface area contributed by atoms with Crippen LogP contribution in [0.4, 0.5) is 4.39 Å². The Hall–Kier alpha value is -0.570. The van der Waals surface area contributed by atoms with E-state index in [9.17, 15) is 9.18 Å². The second kappa shape index (κ2) is 4.84. The fourth-order valence-corrected chi connectivity index (χ4v) is 3.17. The first-order valence-corrected chi connectivity index (χ1v) is 6.98. The maximum atomic E-state index is 13.7. The Morgan fingerprint density at radius 1 is 1.50 bits per heavy atom. The molecule has 2 aliphatic rings. The van der Waals surface area contributed by atoms with Gasteiger partial charge in [0.05, 0.1) is 5.38 Å². The summed E-state index contributed by atoms with van der Waals surface area (Å²) in [7, 11) is 0. The van der Waals surface area contributed by atoms with Crippen LogP contribution in [0, 0.1) is 11.3 Å². The minimum absolute atomic E-state index is 0.0359. The lowest BCUT2D eigenvalue weighted by atomic mass is 9.79. The number of hydrogen-bond donors (Lipinski definition) is 0. The number of carbonyl (C=O) groups excluding carboxylic acids is 1. The van der Waals surface area contributed by atoms with Crippen LogP contribution >= 0.6 is 11.6 Å². The second-order valence-electron chi connectivity index (χ2n) is 6.39. The van der Waals surface area contributed by atoms with Gasteiger partial charge in [0.1, 0.15) is 6.17 Å². The Morgan fingerprint density at radius 2 is 2.11 bits per heavy atom. The van der Waals surface area contributed by atoms with E-state index in [0.717, 1.165) is 19.5 Å². The van der Waals surface area contributed by atoms with Crippen molar-refractivity contribution >= 4 is 17.5 Å². The summed E-state index contributed by atoms with van der Waals surface area (Å²) in [6.07, 6.45) is 0.631. The molecule has 1 saturated heterocycles. The van der Waals surface area contributed by atoms with Gasteiger partial charge >= 0.3 is 0 Å². The van der Waals surface area contributed by atoms with Crippen LogP contribution in [0.5, 0.6) is 0 Å². The van der Waals surface area contributed by atoms with E-state index in [1.807, 2.05) is 4.90 Å². The Labute approximate surface area is 113 Å². The summed E-state index contributed by atoms with van der Waals surface area (Å²) in [6, 6.07) is 0. The maximum absolute atomic E-state index is 13.7. The third kappa shape index (κ3) is 2.71. The molecule has 1 aliphatic heterocycles. The van der Waals surface area contributed by atoms with Gasteiger partial charge in [-0.3, -0.25) is 4.79 Å². The molecule has 2 fully saturated rings. The number of hydrogen-bond acceptors (Lipinski definition) is 1. The van der Waals surface area contributed by atoms with Gasteiger partial charge in [0.15, 0.2) is 0 Å². The van der Waals surface area contributed by atoms with E-state index in [1.165, 1.54) is 0 Å². The number of alkyl halides is 2. The average Bonchev–Trinajstić information content (AvgIpc) is 2.26. The van der Waals surface area contributed by atoms with E-state index in [0.29, 0.717) is 18.4 Å². The Balaban J connectivity index is 1.87. The molecule has 0 N–H and O–H groups in total. The second-order valence-corrected chi connectivity index (χ2v) is 6.95. The van der Waals surface area contributed by atoms with Crippen LogP contribution in [0.2, 0.25) is 0 Å². The van der Waals surface area contributed by atoms with E-state index in [2.05, 4.69) is 20.4 Å². The van der Waals surface area contributed by atoms with E-state index < -0.39 is 11.5 Å². The van der Waals surface area contributed by atoms with Crippen molar-refractivity contribution in [1.82, 2.24) is 4.90 Å². The Kier molecular flexibility index (Phi) is 3.72. The molecule has 0 bridgehead atoms. The number of halogens is 2. The molecule has 1 aliphatic carbocycles. The summed E-state index contributed by atoms with van der Waals surface area (Å²) in [4.78, 5) is 13.9. The van der Waals surface area contributed by atoms with E-state index in [4.69, 9.17) is 11.6 Å². The number of nitrogens with zero attached hydrogens (tertiary/aromatic N) is 1. The molecular weight excluding hydrogens is 253 g/mol. The van der Waals surface area contributed by atoms with Gasteiger partial charge in [-0.1, -0.05) is 20.4 Å². The minimum atomic E-state index is -1.16. The molecular formula is C14H21ClFNO. The molecule has 0 aromatic rings. The largest absolute Gasteiger partial charge is 0.341 e. The molecule has 1 heterocycles. The summed E-state index contributed by atoms with van der Waals surface area (Å²) in [5, 5.41) is -0.466. The molecule has 102 valence electrons. The number of allylic oxidation sites excluding steroid dienone is 1. The molecule has 4 heteroatoms. The first-order valence-electron chi connectivity index (χ1n) is 6.55. The van der Waals surface area contributed by atoms with Crippen LogP contribution in [0.25, 0.3) is 0 Å². The van der Waals surface area contributed by atoms with Gasteiger partial charge < -0.3 is 4.90 Å². The highest BCUT2D eigenvalue weighted by Gasteiger charge is 2.39. The van der Waals surface area contributed by atoms with Crippen LogP contribution in [0.3, 0.4) is 0 Å². The van der Waals surface area contributed by atoms with E-state index in [1.54, 1.807) is 0 Å². The van der Waals surface area contributed by atoms with Gasteiger partial charge in [-0.2, -0.15) is 0 Å². The summed E-state index contributed by atoms with van der Waals surface area (Å²) in [6.45, 7) is 9.69. The monoisotopic (exact) mass is 273 g/mol. The van der Waals surface area contributed by atoms with Gasteiger partial charge in [-0.05, 0) is 29.7 Å². The van der Waals surface area contributed by atoms with E-state index >= 15 is 0 Å². The fourth-order valence-electron chi connectivity index (χ4n) is 2.89. The van der Waals surface area contributed by atoms with Crippen molar-refractivity contribution in [2.24, 2.45) is 11.3 Å². The van der Waals surface area contributed by atoms with Crippen LogP contribution in [-0.2, 0) is 4.79 Å². The van der Waals surface area contributed by atoms with Crippen molar-refractivity contribution in [3.8, 4) is 0 Å². The third-order valence-electron chi connectivity index (χ3n) is 4.00. The highest BCUT2D eigenvalue weighted by atomic mass is 35.5. The summed E-state index contributed by atoms with van der Waals surface area (Å²) in [5.41, 5.74) is 0.748. The molecule has 1 saturated carbocycles. The first kappa shape index (κ1) is 13.9. The zero-order chi connectivity index (χ0) is 13.5. The molecule has 1 amide bonds. The fraction of sp³-hybridized carbons (Fsp3) is 0.786. The first-order chi connectivity index (χ1) is 8.30. The quantitative estimate of drug-likeness (QED) is 0.559. The molecule has 0 aromatic carbocycles. The van der Waals surface area contributed by atoms with Crippen molar-refractivity contribution < 1.29 is 9.18 Å². The molecule has 0 radical (unpaired) electrons. The van der Waals surface area contributed by atoms with Gasteiger partial charge in [0.2, 0.25) is 5.91 Å². The molecule has 0 aromatic heterocycles. The predicted octanol–water partition coefficient (Wildman–Crippen LogP) is 3.16. The van der Waals surface area contributed by atoms with Gasteiger partial charge in [-0.25, -0.2) is 4.39 Å². The summed E-state index contributed by atoms with van der Waals surface area (Å²) < 4.78 is 13.7. The predicted molar refractivity (Wildman–Crippen MR) is 71.4 cm³/mol. The van der Waals surface area contributed by atoms with Crippen molar-refractivity contribution in [3.05, 3.63) is 12.2 Å². The lowest BCUT2D eigenvalue weighted by Gasteiger charge is -2.46. The van der Waals surface area contributed by atoms with Crippen LogP contribution < -0.4 is 0 Å². The van der Waals surface area contributed by atoms with Crippen molar-refractivity contribution in [2.75, 3.05) is 13.1 Å². The smallest absolute Gasteiger partial charge is 0.223 e. The molecule has 3 unspecified atom stereocenters. The zero-order valence-corrected chi connectivity index (χ0v) is 11.8. The molecule has 2 rings (SSSR count). The molecule has 2 nitrogen and oxygen atoms in total. The standard InChI is InChI=1S/C14H21ClFNO/c1-9-10(4-5-11(15)13(9)16)6-12(18)17-7-14(2,3)8-17/h10-11,13H,1,4-8H2,2-3H3. The zero-order valence-electron chi connectivity index (χ0n) is 11.1.